The zero-order chi connectivity index (χ0) is 5.98. The molecule has 48 valence electrons. The molecule has 1 aliphatic heterocycles. The monoisotopic (exact) mass is 116 g/mol. The van der Waals surface area contributed by atoms with Crippen LogP contribution in [0.15, 0.2) is 0 Å². The van der Waals surface area contributed by atoms with Gasteiger partial charge in [0, 0.05) is 0 Å². The van der Waals surface area contributed by atoms with Crippen molar-refractivity contribution in [3.8, 4) is 0 Å². The van der Waals surface area contributed by atoms with Crippen molar-refractivity contribution in [1.82, 2.24) is 0 Å². The highest BCUT2D eigenvalue weighted by atomic mass is 16.5. The van der Waals surface area contributed by atoms with Crippen LogP contribution < -0.4 is 0 Å². The molecule has 0 aromatic carbocycles. The lowest BCUT2D eigenvalue weighted by Crippen LogP contribution is -2.26. The Hall–Kier alpha value is -0.0800. The molecule has 1 heterocycles. The summed E-state index contributed by atoms with van der Waals surface area (Å²) >= 11 is 0. The Morgan fingerprint density at radius 1 is 1.50 bits per heavy atom. The third kappa shape index (κ3) is 1.46. The maximum absolute atomic E-state index is 8.90. The Morgan fingerprint density at radius 3 is 2.62 bits per heavy atom. The molecular weight excluding hydrogens is 104 g/mol. The van der Waals surface area contributed by atoms with Crippen molar-refractivity contribution in [3.63, 3.8) is 0 Å². The lowest BCUT2D eigenvalue weighted by atomic mass is 10.1. The van der Waals surface area contributed by atoms with Gasteiger partial charge in [-0.1, -0.05) is 0 Å². The van der Waals surface area contributed by atoms with Crippen LogP contribution in [0, 0.1) is 0 Å². The molecule has 0 bridgehead atoms. The Labute approximate surface area is 49.5 Å². The SMILES string of the molecule is C[C@@H]1CC[C@H](O)CO1. The van der Waals surface area contributed by atoms with Gasteiger partial charge >= 0.3 is 0 Å². The maximum atomic E-state index is 8.90. The van der Waals surface area contributed by atoms with Gasteiger partial charge in [-0.3, -0.25) is 0 Å². The molecule has 8 heavy (non-hydrogen) atoms. The van der Waals surface area contributed by atoms with Gasteiger partial charge in [-0.15, -0.1) is 0 Å². The summed E-state index contributed by atoms with van der Waals surface area (Å²) in [5.41, 5.74) is 0. The molecule has 2 atom stereocenters. The first-order valence-corrected chi connectivity index (χ1v) is 3.08. The minimum atomic E-state index is -0.203. The molecule has 1 rings (SSSR count). The number of aliphatic hydroxyl groups is 1. The van der Waals surface area contributed by atoms with E-state index < -0.39 is 0 Å². The zero-order valence-corrected chi connectivity index (χ0v) is 5.13. The summed E-state index contributed by atoms with van der Waals surface area (Å²) < 4.78 is 5.14. The predicted octanol–water partition coefficient (Wildman–Crippen LogP) is 0.546. The first-order chi connectivity index (χ1) is 3.79. The Balaban J connectivity index is 2.19. The van der Waals surface area contributed by atoms with Crippen molar-refractivity contribution in [3.05, 3.63) is 0 Å². The fourth-order valence-corrected chi connectivity index (χ4v) is 0.869. The molecule has 1 aliphatic rings. The third-order valence-corrected chi connectivity index (χ3v) is 1.48. The van der Waals surface area contributed by atoms with Gasteiger partial charge in [-0.25, -0.2) is 0 Å². The van der Waals surface area contributed by atoms with Gasteiger partial charge in [0.2, 0.25) is 0 Å². The first-order valence-electron chi connectivity index (χ1n) is 3.08. The van der Waals surface area contributed by atoms with E-state index >= 15 is 0 Å². The second kappa shape index (κ2) is 2.46. The van der Waals surface area contributed by atoms with E-state index in [1.165, 1.54) is 0 Å². The van der Waals surface area contributed by atoms with E-state index in [9.17, 15) is 0 Å². The van der Waals surface area contributed by atoms with Gasteiger partial charge in [0.25, 0.3) is 0 Å². The molecule has 1 N–H and O–H groups in total. The molecule has 1 saturated heterocycles. The summed E-state index contributed by atoms with van der Waals surface area (Å²) in [6.07, 6.45) is 2.06. The molecule has 0 saturated carbocycles. The van der Waals surface area contributed by atoms with Crippen LogP contribution in [0.25, 0.3) is 0 Å². The lowest BCUT2D eigenvalue weighted by molar-refractivity contribution is -0.0472. The predicted molar refractivity (Wildman–Crippen MR) is 30.7 cm³/mol. The van der Waals surface area contributed by atoms with Gasteiger partial charge in [-0.2, -0.15) is 0 Å². The normalized spacial score (nSPS) is 39.8. The fourth-order valence-electron chi connectivity index (χ4n) is 0.869. The van der Waals surface area contributed by atoms with E-state index in [4.69, 9.17) is 9.84 Å². The highest BCUT2D eigenvalue weighted by Crippen LogP contribution is 2.11. The standard InChI is InChI=1S/C6H12O2/c1-5-2-3-6(7)4-8-5/h5-7H,2-4H2,1H3/t5-,6+/m1/s1. The van der Waals surface area contributed by atoms with Gasteiger partial charge in [0.15, 0.2) is 0 Å². The molecule has 2 heteroatoms. The van der Waals surface area contributed by atoms with E-state index in [1.807, 2.05) is 6.92 Å². The van der Waals surface area contributed by atoms with E-state index in [1.54, 1.807) is 0 Å². The topological polar surface area (TPSA) is 29.5 Å². The second-order valence-corrected chi connectivity index (χ2v) is 2.38. The summed E-state index contributed by atoms with van der Waals surface area (Å²) in [5, 5.41) is 8.90. The van der Waals surface area contributed by atoms with Crippen LogP contribution in [0.5, 0.6) is 0 Å². The smallest absolute Gasteiger partial charge is 0.0774 e. The molecule has 0 aliphatic carbocycles. The fraction of sp³-hybridized carbons (Fsp3) is 1.00. The Morgan fingerprint density at radius 2 is 2.25 bits per heavy atom. The van der Waals surface area contributed by atoms with Crippen molar-refractivity contribution in [2.24, 2.45) is 0 Å². The molecule has 0 unspecified atom stereocenters. The number of hydrogen-bond acceptors (Lipinski definition) is 2. The second-order valence-electron chi connectivity index (χ2n) is 2.38. The number of rotatable bonds is 0. The number of hydrogen-bond donors (Lipinski definition) is 1. The maximum Gasteiger partial charge on any atom is 0.0774 e. The highest BCUT2D eigenvalue weighted by Gasteiger charge is 2.14. The van der Waals surface area contributed by atoms with Crippen LogP contribution in [0.4, 0.5) is 0 Å². The summed E-state index contributed by atoms with van der Waals surface area (Å²) in [7, 11) is 0. The molecule has 0 aromatic rings. The molecular formula is C6H12O2. The summed E-state index contributed by atoms with van der Waals surface area (Å²) in [6, 6.07) is 0. The lowest BCUT2D eigenvalue weighted by Gasteiger charge is -2.22. The van der Waals surface area contributed by atoms with Crippen molar-refractivity contribution in [2.75, 3.05) is 6.61 Å². The minimum Gasteiger partial charge on any atom is -0.391 e. The van der Waals surface area contributed by atoms with Crippen molar-refractivity contribution >= 4 is 0 Å². The highest BCUT2D eigenvalue weighted by molar-refractivity contribution is 4.64. The van der Waals surface area contributed by atoms with E-state index in [2.05, 4.69) is 0 Å². The molecule has 0 amide bonds. The first kappa shape index (κ1) is 6.05. The van der Waals surface area contributed by atoms with Crippen LogP contribution in [0.3, 0.4) is 0 Å². The summed E-state index contributed by atoms with van der Waals surface area (Å²) in [6.45, 7) is 2.56. The van der Waals surface area contributed by atoms with Crippen LogP contribution in [0.2, 0.25) is 0 Å². The van der Waals surface area contributed by atoms with Gasteiger partial charge in [0.05, 0.1) is 18.8 Å². The summed E-state index contributed by atoms with van der Waals surface area (Å²) in [5.74, 6) is 0. The average Bonchev–Trinajstić information content (AvgIpc) is 1.77. The van der Waals surface area contributed by atoms with Crippen molar-refractivity contribution in [2.45, 2.75) is 32.0 Å². The van der Waals surface area contributed by atoms with Gasteiger partial charge < -0.3 is 9.84 Å². The third-order valence-electron chi connectivity index (χ3n) is 1.48. The zero-order valence-electron chi connectivity index (χ0n) is 5.13. The quantitative estimate of drug-likeness (QED) is 0.500. The average molecular weight is 116 g/mol. The summed E-state index contributed by atoms with van der Waals surface area (Å²) in [4.78, 5) is 0. The van der Waals surface area contributed by atoms with E-state index in [0.717, 1.165) is 12.8 Å². The van der Waals surface area contributed by atoms with Crippen molar-refractivity contribution in [1.29, 1.82) is 0 Å². The van der Waals surface area contributed by atoms with Crippen LogP contribution in [-0.4, -0.2) is 23.9 Å². The minimum absolute atomic E-state index is 0.203. The Kier molecular flexibility index (Phi) is 1.86. The Bertz CT molecular complexity index is 54.9. The van der Waals surface area contributed by atoms with Gasteiger partial charge in [-0.05, 0) is 19.8 Å². The van der Waals surface area contributed by atoms with Crippen LogP contribution in [0.1, 0.15) is 19.8 Å². The molecule has 0 radical (unpaired) electrons. The number of aliphatic hydroxyl groups excluding tert-OH is 1. The molecule has 2 nitrogen and oxygen atoms in total. The van der Waals surface area contributed by atoms with Gasteiger partial charge in [0.1, 0.15) is 0 Å². The van der Waals surface area contributed by atoms with E-state index in [0.29, 0.717) is 12.7 Å². The molecule has 1 fully saturated rings. The molecule has 0 spiro atoms. The largest absolute Gasteiger partial charge is 0.391 e. The number of ether oxygens (including phenoxy) is 1. The van der Waals surface area contributed by atoms with Crippen LogP contribution in [-0.2, 0) is 4.74 Å². The van der Waals surface area contributed by atoms with Crippen molar-refractivity contribution < 1.29 is 9.84 Å². The van der Waals surface area contributed by atoms with Crippen LogP contribution >= 0.6 is 0 Å². The van der Waals surface area contributed by atoms with E-state index in [-0.39, 0.29) is 6.10 Å². The molecule has 0 aromatic heterocycles.